The molecule has 0 radical (unpaired) electrons. The summed E-state index contributed by atoms with van der Waals surface area (Å²) in [5.41, 5.74) is 8.94. The normalized spacial score (nSPS) is 13.1. The number of benzene rings is 1. The molecular formula is C22H24FN5OS. The van der Waals surface area contributed by atoms with Gasteiger partial charge in [-0.25, -0.2) is 4.39 Å². The van der Waals surface area contributed by atoms with E-state index in [0.717, 1.165) is 48.9 Å². The van der Waals surface area contributed by atoms with Gasteiger partial charge in [0.25, 0.3) is 0 Å². The van der Waals surface area contributed by atoms with Crippen LogP contribution in [0.1, 0.15) is 32.1 Å². The number of hydrogen-bond acceptors (Lipinski definition) is 6. The second-order valence-corrected chi connectivity index (χ2v) is 8.17. The Balaban J connectivity index is 0.000000178. The summed E-state index contributed by atoms with van der Waals surface area (Å²) in [6.07, 6.45) is 5.17. The summed E-state index contributed by atoms with van der Waals surface area (Å²) < 4.78 is 14.6. The monoisotopic (exact) mass is 425 g/mol. The molecule has 30 heavy (non-hydrogen) atoms. The average Bonchev–Trinajstić information content (AvgIpc) is 3.32. The first kappa shape index (κ1) is 21.8. The van der Waals surface area contributed by atoms with Crippen LogP contribution in [-0.4, -0.2) is 35.7 Å². The van der Waals surface area contributed by atoms with Crippen molar-refractivity contribution in [3.05, 3.63) is 63.2 Å². The van der Waals surface area contributed by atoms with E-state index in [1.807, 2.05) is 23.9 Å². The fourth-order valence-corrected chi connectivity index (χ4v) is 4.48. The first-order chi connectivity index (χ1) is 14.6. The van der Waals surface area contributed by atoms with E-state index < -0.39 is 0 Å². The van der Waals surface area contributed by atoms with E-state index >= 15 is 0 Å². The van der Waals surface area contributed by atoms with Gasteiger partial charge in [0.05, 0.1) is 22.3 Å². The maximum absolute atomic E-state index is 12.8. The van der Waals surface area contributed by atoms with Gasteiger partial charge < -0.3 is 11.1 Å². The molecule has 0 fully saturated rings. The Hall–Kier alpha value is -2.86. The third-order valence-electron chi connectivity index (χ3n) is 5.00. The van der Waals surface area contributed by atoms with E-state index in [0.29, 0.717) is 17.0 Å². The molecule has 0 saturated heterocycles. The van der Waals surface area contributed by atoms with E-state index in [4.69, 9.17) is 11.0 Å². The van der Waals surface area contributed by atoms with Crippen molar-refractivity contribution in [3.8, 4) is 17.3 Å². The molecule has 3 heterocycles. The smallest absolute Gasteiger partial charge is 0.160 e. The second kappa shape index (κ2) is 10.3. The number of halogens is 1. The fraction of sp³-hybridized carbons (Fsp3) is 0.318. The number of likely N-dealkylation sites (N-methyl/N-ethyl adjacent to an activating group) is 1. The van der Waals surface area contributed by atoms with Crippen molar-refractivity contribution in [1.82, 2.24) is 15.1 Å². The Morgan fingerprint density at radius 1 is 1.47 bits per heavy atom. The van der Waals surface area contributed by atoms with Crippen molar-refractivity contribution in [3.63, 3.8) is 0 Å². The van der Waals surface area contributed by atoms with Gasteiger partial charge in [0.15, 0.2) is 6.29 Å². The van der Waals surface area contributed by atoms with E-state index in [1.54, 1.807) is 18.3 Å². The number of nitrogens with zero attached hydrogens (tertiary/aromatic N) is 3. The van der Waals surface area contributed by atoms with Gasteiger partial charge in [-0.05, 0) is 50.1 Å². The van der Waals surface area contributed by atoms with Crippen LogP contribution < -0.4 is 11.1 Å². The number of aromatic nitrogens is 2. The molecular weight excluding hydrogens is 401 g/mol. The van der Waals surface area contributed by atoms with E-state index in [-0.39, 0.29) is 11.9 Å². The molecule has 4 rings (SSSR count). The number of nitrogens with two attached hydrogens (primary N) is 1. The molecule has 6 nitrogen and oxygen atoms in total. The topological polar surface area (TPSA) is 96.7 Å². The van der Waals surface area contributed by atoms with E-state index in [1.165, 1.54) is 22.3 Å². The minimum atomic E-state index is -0.190. The minimum absolute atomic E-state index is 0.190. The molecule has 0 spiro atoms. The molecule has 2 aromatic heterocycles. The van der Waals surface area contributed by atoms with Crippen LogP contribution in [0.5, 0.6) is 0 Å². The molecule has 1 atom stereocenters. The number of carbonyl (C=O) groups is 1. The summed E-state index contributed by atoms with van der Waals surface area (Å²) in [6, 6.07) is 10.9. The zero-order chi connectivity index (χ0) is 21.5. The molecule has 0 bridgehead atoms. The van der Waals surface area contributed by atoms with E-state index in [9.17, 15) is 9.18 Å². The molecule has 1 aliphatic rings. The predicted octanol–water partition coefficient (Wildman–Crippen LogP) is 3.16. The third-order valence-corrected chi connectivity index (χ3v) is 6.12. The van der Waals surface area contributed by atoms with Crippen molar-refractivity contribution < 1.29 is 9.18 Å². The summed E-state index contributed by atoms with van der Waals surface area (Å²) in [4.78, 5) is 12.7. The maximum Gasteiger partial charge on any atom is 0.160 e. The third kappa shape index (κ3) is 5.00. The molecule has 1 aromatic carbocycles. The highest BCUT2D eigenvalue weighted by Gasteiger charge is 2.21. The van der Waals surface area contributed by atoms with Crippen molar-refractivity contribution in [1.29, 1.82) is 5.26 Å². The molecule has 0 saturated carbocycles. The Labute approximate surface area is 179 Å². The molecule has 156 valence electrons. The number of aldehydes is 1. The molecule has 3 aromatic rings. The first-order valence-electron chi connectivity index (χ1n) is 9.75. The van der Waals surface area contributed by atoms with Crippen LogP contribution in [0, 0.1) is 17.1 Å². The number of carbonyl (C=O) groups excluding carboxylic acids is 1. The van der Waals surface area contributed by atoms with Crippen LogP contribution in [0.2, 0.25) is 0 Å². The zero-order valence-electron chi connectivity index (χ0n) is 16.8. The highest BCUT2D eigenvalue weighted by molar-refractivity contribution is 7.14. The number of hydrogen-bond donors (Lipinski definition) is 2. The van der Waals surface area contributed by atoms with Crippen LogP contribution in [-0.2, 0) is 19.4 Å². The number of rotatable bonds is 5. The van der Waals surface area contributed by atoms with Crippen molar-refractivity contribution in [2.45, 2.75) is 31.8 Å². The van der Waals surface area contributed by atoms with Crippen LogP contribution in [0.3, 0.4) is 0 Å². The highest BCUT2D eigenvalue weighted by Crippen LogP contribution is 2.36. The Morgan fingerprint density at radius 2 is 2.30 bits per heavy atom. The highest BCUT2D eigenvalue weighted by atomic mass is 32.1. The minimum Gasteiger partial charge on any atom is -0.329 e. The number of aryl methyl sites for hydroxylation is 2. The van der Waals surface area contributed by atoms with Crippen LogP contribution >= 0.6 is 11.3 Å². The van der Waals surface area contributed by atoms with Gasteiger partial charge >= 0.3 is 0 Å². The summed E-state index contributed by atoms with van der Waals surface area (Å²) in [6.45, 7) is 1.39. The standard InChI is InChI=1S/C12H9N3OS.C10H15FN2/c13-5-8-6-14-15-3-1-2-11-10(12(8)15)4-9(7-16)17-11;1-13-10(7-12)6-8-3-2-4-9(11)5-8/h4,6-7H,1-3H2;2-5,10,13H,6-7,12H2,1H3. The Morgan fingerprint density at radius 3 is 2.97 bits per heavy atom. The Kier molecular flexibility index (Phi) is 7.46. The number of nitriles is 1. The van der Waals surface area contributed by atoms with Crippen molar-refractivity contribution in [2.24, 2.45) is 5.73 Å². The van der Waals surface area contributed by atoms with Gasteiger partial charge in [-0.15, -0.1) is 11.3 Å². The summed E-state index contributed by atoms with van der Waals surface area (Å²) in [5, 5.41) is 16.4. The van der Waals surface area contributed by atoms with Crippen LogP contribution in [0.4, 0.5) is 4.39 Å². The number of fused-ring (bicyclic) bond motifs is 3. The van der Waals surface area contributed by atoms with Crippen LogP contribution in [0.25, 0.3) is 11.3 Å². The average molecular weight is 426 g/mol. The lowest BCUT2D eigenvalue weighted by molar-refractivity contribution is 0.112. The number of nitrogens with one attached hydrogen (secondary N) is 1. The lowest BCUT2D eigenvalue weighted by Crippen LogP contribution is -2.35. The van der Waals surface area contributed by atoms with Gasteiger partial charge in [0.1, 0.15) is 11.9 Å². The van der Waals surface area contributed by atoms with Gasteiger partial charge in [0.2, 0.25) is 0 Å². The first-order valence-corrected chi connectivity index (χ1v) is 10.6. The van der Waals surface area contributed by atoms with Gasteiger partial charge in [-0.3, -0.25) is 9.48 Å². The lowest BCUT2D eigenvalue weighted by atomic mass is 10.1. The fourth-order valence-electron chi connectivity index (χ4n) is 3.46. The van der Waals surface area contributed by atoms with E-state index in [2.05, 4.69) is 16.5 Å². The van der Waals surface area contributed by atoms with Gasteiger partial charge in [-0.1, -0.05) is 12.1 Å². The maximum atomic E-state index is 12.8. The molecule has 8 heteroatoms. The molecule has 1 aliphatic heterocycles. The second-order valence-electron chi connectivity index (χ2n) is 7.00. The zero-order valence-corrected chi connectivity index (χ0v) is 17.6. The molecule has 0 aliphatic carbocycles. The molecule has 1 unspecified atom stereocenters. The van der Waals surface area contributed by atoms with Gasteiger partial charge in [-0.2, -0.15) is 10.4 Å². The summed E-state index contributed by atoms with van der Waals surface area (Å²) >= 11 is 1.52. The molecule has 3 N–H and O–H groups in total. The van der Waals surface area contributed by atoms with Crippen molar-refractivity contribution in [2.75, 3.05) is 13.6 Å². The van der Waals surface area contributed by atoms with Crippen molar-refractivity contribution >= 4 is 17.6 Å². The van der Waals surface area contributed by atoms with Crippen LogP contribution in [0.15, 0.2) is 36.5 Å². The predicted molar refractivity (Wildman–Crippen MR) is 116 cm³/mol. The lowest BCUT2D eigenvalue weighted by Gasteiger charge is -2.13. The summed E-state index contributed by atoms with van der Waals surface area (Å²) in [5.74, 6) is -0.190. The number of thiophene rings is 1. The SMILES string of the molecule is CNC(CN)Cc1cccc(F)c1.N#Cc1cnn2c1-c1cc(C=O)sc1CCC2. The summed E-state index contributed by atoms with van der Waals surface area (Å²) in [7, 11) is 1.86. The Bertz CT molecular complexity index is 1050. The largest absolute Gasteiger partial charge is 0.329 e. The van der Waals surface area contributed by atoms with Gasteiger partial charge in [0, 0.05) is 29.6 Å². The quantitative estimate of drug-likeness (QED) is 0.612. The molecule has 0 amide bonds.